The van der Waals surface area contributed by atoms with Crippen molar-refractivity contribution in [3.05, 3.63) is 77.5 Å². The zero-order valence-electron chi connectivity index (χ0n) is 18.8. The summed E-state index contributed by atoms with van der Waals surface area (Å²) >= 11 is 0. The minimum atomic E-state index is -3.70. The van der Waals surface area contributed by atoms with E-state index in [2.05, 4.69) is 19.2 Å². The molecule has 7 nitrogen and oxygen atoms in total. The normalized spacial score (nSPS) is 17.2. The number of nitrogens with zero attached hydrogens (tertiary/aromatic N) is 1. The number of fused-ring (bicyclic) bond motifs is 1. The average molecular weight is 501 g/mol. The predicted octanol–water partition coefficient (Wildman–Crippen LogP) is 3.96. The Hall–Kier alpha value is -3.37. The molecular formula is C25H22F2N2O5S. The quantitative estimate of drug-likeness (QED) is 0.503. The van der Waals surface area contributed by atoms with Crippen molar-refractivity contribution in [2.45, 2.75) is 37.5 Å². The molecule has 0 unspecified atom stereocenters. The van der Waals surface area contributed by atoms with Crippen molar-refractivity contribution >= 4 is 15.8 Å². The highest BCUT2D eigenvalue weighted by molar-refractivity contribution is 7.88. The third kappa shape index (κ3) is 5.03. The first kappa shape index (κ1) is 23.4. The molecule has 1 fully saturated rings. The second-order valence-electron chi connectivity index (χ2n) is 8.82. The monoisotopic (exact) mass is 500 g/mol. The van der Waals surface area contributed by atoms with Gasteiger partial charge in [-0.05, 0) is 48.2 Å². The Balaban J connectivity index is 1.30. The fourth-order valence-electron chi connectivity index (χ4n) is 4.18. The fraction of sp³-hybridized carbons (Fsp3) is 0.280. The van der Waals surface area contributed by atoms with Gasteiger partial charge in [0.25, 0.3) is 0 Å². The van der Waals surface area contributed by atoms with Crippen molar-refractivity contribution in [3.8, 4) is 22.8 Å². The number of aromatic nitrogens is 1. The van der Waals surface area contributed by atoms with Gasteiger partial charge < -0.3 is 9.47 Å². The smallest absolute Gasteiger partial charge is 0.395 e. The Bertz CT molecular complexity index is 1400. The molecule has 2 aliphatic rings. The summed E-state index contributed by atoms with van der Waals surface area (Å²) in [7, 11) is -3.28. The van der Waals surface area contributed by atoms with Crippen LogP contribution in [0.5, 0.6) is 11.5 Å². The molecule has 35 heavy (non-hydrogen) atoms. The van der Waals surface area contributed by atoms with E-state index < -0.39 is 21.7 Å². The van der Waals surface area contributed by atoms with E-state index in [-0.39, 0.29) is 30.2 Å². The predicted molar refractivity (Wildman–Crippen MR) is 124 cm³/mol. The minimum absolute atomic E-state index is 0.0324. The van der Waals surface area contributed by atoms with E-state index in [0.717, 1.165) is 17.4 Å². The number of hydrogen-bond donors (Lipinski definition) is 1. The number of Topliss-reactive ketones (excluding diaryl/α,β-unsaturated/α-hetero) is 1. The summed E-state index contributed by atoms with van der Waals surface area (Å²) in [5.74, 6) is -0.147. The van der Waals surface area contributed by atoms with Crippen LogP contribution in [-0.2, 0) is 33.2 Å². The van der Waals surface area contributed by atoms with Crippen LogP contribution in [0, 0.1) is 0 Å². The second kappa shape index (κ2) is 8.39. The van der Waals surface area contributed by atoms with E-state index in [4.69, 9.17) is 0 Å². The van der Waals surface area contributed by atoms with Gasteiger partial charge in [-0.2, -0.15) is 0 Å². The molecule has 0 amide bonds. The number of carbonyl (C=O) groups excluding carboxylic acids is 1. The molecule has 182 valence electrons. The van der Waals surface area contributed by atoms with E-state index in [0.29, 0.717) is 29.8 Å². The van der Waals surface area contributed by atoms with Gasteiger partial charge in [0.15, 0.2) is 11.5 Å². The highest BCUT2D eigenvalue weighted by Gasteiger charge is 2.52. The van der Waals surface area contributed by atoms with Crippen molar-refractivity contribution in [3.63, 3.8) is 0 Å². The molecule has 0 atom stereocenters. The molecule has 1 aliphatic heterocycles. The third-order valence-corrected chi connectivity index (χ3v) is 6.84. The SMILES string of the molecule is CS(=O)(=O)NCc1ccc(-c2cccc(CC(=O)C3(c4ccc5c(c4)OC(F)(F)O5)CC3)n2)cc1. The second-order valence-corrected chi connectivity index (χ2v) is 10.6. The van der Waals surface area contributed by atoms with Gasteiger partial charge in [0.2, 0.25) is 10.0 Å². The topological polar surface area (TPSA) is 94.6 Å². The molecule has 10 heteroatoms. The lowest BCUT2D eigenvalue weighted by molar-refractivity contribution is -0.286. The summed E-state index contributed by atoms with van der Waals surface area (Å²) in [5.41, 5.74) is 2.84. The lowest BCUT2D eigenvalue weighted by Crippen LogP contribution is -2.26. The molecule has 1 aliphatic carbocycles. The first-order valence-electron chi connectivity index (χ1n) is 11.0. The first-order chi connectivity index (χ1) is 16.5. The van der Waals surface area contributed by atoms with E-state index in [1.807, 2.05) is 36.4 Å². The molecule has 2 aromatic carbocycles. The lowest BCUT2D eigenvalue weighted by atomic mass is 9.88. The Morgan fingerprint density at radius 2 is 1.74 bits per heavy atom. The van der Waals surface area contributed by atoms with Crippen LogP contribution in [0.1, 0.15) is 29.7 Å². The number of nitrogens with one attached hydrogen (secondary N) is 1. The van der Waals surface area contributed by atoms with Crippen LogP contribution in [-0.4, -0.2) is 31.7 Å². The van der Waals surface area contributed by atoms with Crippen LogP contribution in [0.4, 0.5) is 8.78 Å². The molecule has 0 bridgehead atoms. The third-order valence-electron chi connectivity index (χ3n) is 6.17. The number of carbonyl (C=O) groups is 1. The molecule has 0 saturated heterocycles. The lowest BCUT2D eigenvalue weighted by Gasteiger charge is -2.15. The molecule has 1 aromatic heterocycles. The van der Waals surface area contributed by atoms with E-state index in [9.17, 15) is 22.0 Å². The summed E-state index contributed by atoms with van der Waals surface area (Å²) < 4.78 is 60.7. The largest absolute Gasteiger partial charge is 0.586 e. The van der Waals surface area contributed by atoms with E-state index in [1.165, 1.54) is 12.1 Å². The Labute approximate surface area is 201 Å². The molecule has 1 N–H and O–H groups in total. The van der Waals surface area contributed by atoms with Crippen LogP contribution in [0.2, 0.25) is 0 Å². The Morgan fingerprint density at radius 1 is 1.03 bits per heavy atom. The zero-order chi connectivity index (χ0) is 24.8. The number of halogens is 2. The summed E-state index contributed by atoms with van der Waals surface area (Å²) in [6, 6.07) is 17.3. The van der Waals surface area contributed by atoms with Gasteiger partial charge in [-0.15, -0.1) is 8.78 Å². The van der Waals surface area contributed by atoms with Crippen molar-refractivity contribution in [1.29, 1.82) is 0 Å². The summed E-state index contributed by atoms with van der Waals surface area (Å²) in [6.07, 6.45) is -1.23. The number of ketones is 1. The maximum absolute atomic E-state index is 13.4. The van der Waals surface area contributed by atoms with Crippen LogP contribution < -0.4 is 14.2 Å². The van der Waals surface area contributed by atoms with Crippen LogP contribution in [0.3, 0.4) is 0 Å². The van der Waals surface area contributed by atoms with Crippen LogP contribution >= 0.6 is 0 Å². The Kier molecular flexibility index (Phi) is 5.60. The fourth-order valence-corrected chi connectivity index (χ4v) is 4.61. The first-order valence-corrected chi connectivity index (χ1v) is 12.9. The van der Waals surface area contributed by atoms with Gasteiger partial charge in [-0.1, -0.05) is 36.4 Å². The molecule has 1 saturated carbocycles. The number of rotatable bonds is 8. The standard InChI is InChI=1S/C25H22F2N2O5S/c1-35(31,32)28-15-16-5-7-17(8-6-16)20-4-2-3-19(29-20)14-23(30)24(11-12-24)18-9-10-21-22(13-18)34-25(26,27)33-21/h2-10,13,28H,11-12,14-15H2,1H3. The van der Waals surface area contributed by atoms with E-state index >= 15 is 0 Å². The summed E-state index contributed by atoms with van der Waals surface area (Å²) in [5, 5.41) is 0. The van der Waals surface area contributed by atoms with Gasteiger partial charge >= 0.3 is 6.29 Å². The molecule has 5 rings (SSSR count). The molecule has 2 heterocycles. The highest BCUT2D eigenvalue weighted by atomic mass is 32.2. The van der Waals surface area contributed by atoms with Gasteiger partial charge in [0.05, 0.1) is 17.4 Å². The maximum Gasteiger partial charge on any atom is 0.586 e. The van der Waals surface area contributed by atoms with Crippen molar-refractivity contribution in [2.24, 2.45) is 0 Å². The number of pyridine rings is 1. The van der Waals surface area contributed by atoms with Gasteiger partial charge in [0, 0.05) is 24.2 Å². The molecule has 0 spiro atoms. The zero-order valence-corrected chi connectivity index (χ0v) is 19.6. The number of alkyl halides is 2. The average Bonchev–Trinajstić information content (AvgIpc) is 3.55. The van der Waals surface area contributed by atoms with Crippen LogP contribution in [0.15, 0.2) is 60.7 Å². The van der Waals surface area contributed by atoms with Crippen molar-refractivity contribution in [1.82, 2.24) is 9.71 Å². The van der Waals surface area contributed by atoms with Crippen molar-refractivity contribution in [2.75, 3.05) is 6.26 Å². The van der Waals surface area contributed by atoms with Crippen LogP contribution in [0.25, 0.3) is 11.3 Å². The van der Waals surface area contributed by atoms with Gasteiger partial charge in [0.1, 0.15) is 5.78 Å². The summed E-state index contributed by atoms with van der Waals surface area (Å²) in [6.45, 7) is 0.195. The van der Waals surface area contributed by atoms with Crippen molar-refractivity contribution < 1.29 is 31.5 Å². The number of hydrogen-bond acceptors (Lipinski definition) is 6. The molecule has 0 radical (unpaired) electrons. The van der Waals surface area contributed by atoms with Gasteiger partial charge in [-0.3, -0.25) is 9.78 Å². The number of benzene rings is 2. The molecule has 3 aromatic rings. The highest BCUT2D eigenvalue weighted by Crippen LogP contribution is 2.52. The minimum Gasteiger partial charge on any atom is -0.395 e. The summed E-state index contributed by atoms with van der Waals surface area (Å²) in [4.78, 5) is 17.9. The van der Waals surface area contributed by atoms with Gasteiger partial charge in [-0.25, -0.2) is 13.1 Å². The maximum atomic E-state index is 13.4. The number of ether oxygens (including phenoxy) is 2. The van der Waals surface area contributed by atoms with E-state index in [1.54, 1.807) is 12.1 Å². The Morgan fingerprint density at radius 3 is 2.43 bits per heavy atom. The number of sulfonamides is 1. The molecular weight excluding hydrogens is 478 g/mol.